The van der Waals surface area contributed by atoms with E-state index in [0.29, 0.717) is 31.0 Å². The molecule has 3 saturated carbocycles. The number of aliphatic carboxylic acids is 1. The Balaban J connectivity index is 1.33. The summed E-state index contributed by atoms with van der Waals surface area (Å²) in [6, 6.07) is 6.95. The summed E-state index contributed by atoms with van der Waals surface area (Å²) in [6.45, 7) is 27.5. The van der Waals surface area contributed by atoms with E-state index in [9.17, 15) is 18.3 Å². The van der Waals surface area contributed by atoms with Crippen molar-refractivity contribution < 1.29 is 32.5 Å². The highest BCUT2D eigenvalue weighted by Gasteiger charge is 2.72. The minimum Gasteiger partial charge on any atom is -0.481 e. The second kappa shape index (κ2) is 13.7. The molecule has 0 amide bonds. The number of ether oxygens (including phenoxy) is 3. The number of hydrogen-bond acceptors (Lipinski definition) is 6. The fourth-order valence-electron chi connectivity index (χ4n) is 12.8. The van der Waals surface area contributed by atoms with Crippen LogP contribution in [0.1, 0.15) is 120 Å². The number of methoxy groups -OCH3 is 1. The van der Waals surface area contributed by atoms with E-state index >= 15 is 0 Å². The lowest BCUT2D eigenvalue weighted by atomic mass is 9.34. The molecule has 0 radical (unpaired) electrons. The summed E-state index contributed by atoms with van der Waals surface area (Å²) in [5.74, 6) is 0.192. The molecule has 4 fully saturated rings. The largest absolute Gasteiger partial charge is 0.481 e. The fraction of sp³-hybridized carbons (Fsp3) is 0.800. The van der Waals surface area contributed by atoms with Crippen LogP contribution in [-0.4, -0.2) is 64.2 Å². The predicted molar refractivity (Wildman–Crippen MR) is 213 cm³/mol. The van der Waals surface area contributed by atoms with Crippen LogP contribution in [0.25, 0.3) is 0 Å². The minimum absolute atomic E-state index is 0.164. The van der Waals surface area contributed by atoms with Crippen LogP contribution in [0.4, 0.5) is 0 Å². The first-order valence-electron chi connectivity index (χ1n) is 20.6. The van der Waals surface area contributed by atoms with Gasteiger partial charge in [0.05, 0.1) is 48.4 Å². The third kappa shape index (κ3) is 6.10. The van der Waals surface area contributed by atoms with E-state index in [1.165, 1.54) is 5.57 Å². The smallest absolute Gasteiger partial charge is 0.307 e. The molecule has 0 unspecified atom stereocenters. The molecule has 5 aliphatic rings. The van der Waals surface area contributed by atoms with E-state index in [0.717, 1.165) is 44.1 Å². The van der Waals surface area contributed by atoms with E-state index in [4.69, 9.17) is 14.2 Å². The molecular formula is C45H71NO7S. The van der Waals surface area contributed by atoms with Crippen LogP contribution >= 0.6 is 0 Å². The normalized spacial score (nSPS) is 41.1. The summed E-state index contributed by atoms with van der Waals surface area (Å²) in [4.78, 5) is 13.7. The highest BCUT2D eigenvalue weighted by Crippen LogP contribution is 2.75. The molecule has 54 heavy (non-hydrogen) atoms. The summed E-state index contributed by atoms with van der Waals surface area (Å²) in [7, 11) is -2.05. The maximum Gasteiger partial charge on any atom is 0.307 e. The van der Waals surface area contributed by atoms with Crippen molar-refractivity contribution in [1.82, 2.24) is 4.72 Å². The highest BCUT2D eigenvalue weighted by atomic mass is 32.2. The average Bonchev–Trinajstić information content (AvgIpc) is 3.06. The van der Waals surface area contributed by atoms with Crippen LogP contribution in [0.15, 0.2) is 40.8 Å². The molecule has 12 atom stereocenters. The third-order valence-electron chi connectivity index (χ3n) is 17.3. The van der Waals surface area contributed by atoms with Crippen molar-refractivity contribution in [3.05, 3.63) is 41.5 Å². The molecule has 8 nitrogen and oxygen atoms in total. The van der Waals surface area contributed by atoms with Crippen LogP contribution in [0.3, 0.4) is 0 Å². The summed E-state index contributed by atoms with van der Waals surface area (Å²) in [6.07, 6.45) is 7.42. The highest BCUT2D eigenvalue weighted by molar-refractivity contribution is 7.89. The zero-order valence-corrected chi connectivity index (χ0v) is 36.4. The Hall–Kier alpha value is -1.78. The lowest BCUT2D eigenvalue weighted by Crippen LogP contribution is -2.70. The lowest BCUT2D eigenvalue weighted by Gasteiger charge is -2.71. The van der Waals surface area contributed by atoms with E-state index in [-0.39, 0.29) is 56.7 Å². The number of carboxylic acids is 1. The van der Waals surface area contributed by atoms with Crippen LogP contribution < -0.4 is 4.72 Å². The molecule has 2 bridgehead atoms. The number of allylic oxidation sites excluding steroid dienone is 1. The predicted octanol–water partition coefficient (Wildman–Crippen LogP) is 9.07. The van der Waals surface area contributed by atoms with Crippen molar-refractivity contribution in [1.29, 1.82) is 0 Å². The summed E-state index contributed by atoms with van der Waals surface area (Å²) >= 11 is 0. The van der Waals surface area contributed by atoms with Crippen LogP contribution in [-0.2, 0) is 29.0 Å². The van der Waals surface area contributed by atoms with Gasteiger partial charge in [-0.05, 0) is 110 Å². The monoisotopic (exact) mass is 769 g/mol. The van der Waals surface area contributed by atoms with Crippen molar-refractivity contribution >= 4 is 16.0 Å². The van der Waals surface area contributed by atoms with Crippen molar-refractivity contribution in [2.24, 2.45) is 62.1 Å². The fourth-order valence-corrected chi connectivity index (χ4v) is 14.4. The average molecular weight is 770 g/mol. The van der Waals surface area contributed by atoms with Gasteiger partial charge >= 0.3 is 5.97 Å². The molecule has 0 spiro atoms. The van der Waals surface area contributed by atoms with Crippen molar-refractivity contribution in [2.45, 2.75) is 144 Å². The molecule has 6 rings (SSSR count). The molecular weight excluding hydrogens is 699 g/mol. The first-order valence-corrected chi connectivity index (χ1v) is 22.1. The number of carboxylic acid groups (broad SMARTS) is 1. The molecule has 0 aromatic heterocycles. The number of nitrogens with one attached hydrogen (secondary N) is 1. The van der Waals surface area contributed by atoms with Gasteiger partial charge in [-0.3, -0.25) is 4.79 Å². The molecule has 2 N–H and O–H groups in total. The van der Waals surface area contributed by atoms with Gasteiger partial charge in [-0.2, -0.15) is 0 Å². The molecule has 4 aliphatic carbocycles. The number of aryl methyl sites for hydroxylation is 1. The number of carbonyl (C=O) groups is 1. The van der Waals surface area contributed by atoms with Crippen LogP contribution in [0.5, 0.6) is 0 Å². The minimum atomic E-state index is -3.83. The Morgan fingerprint density at radius 1 is 1.00 bits per heavy atom. The maximum absolute atomic E-state index is 13.8. The van der Waals surface area contributed by atoms with Gasteiger partial charge in [-0.1, -0.05) is 98.6 Å². The van der Waals surface area contributed by atoms with E-state index < -0.39 is 32.9 Å². The summed E-state index contributed by atoms with van der Waals surface area (Å²) in [5.41, 5.74) is -0.359. The van der Waals surface area contributed by atoms with Gasteiger partial charge < -0.3 is 19.3 Å². The maximum atomic E-state index is 13.8. The SMILES string of the molecule is CO[C@@H]1C[C@@]23COC[C@](C)([C@@H]2CC[C@H]2C3=CC[C@@]3(C)[C@H](C(=O)O)[C@@](C)([C@H](C)C(C)C)CC[C@]23C)[C@H]1OC[C@@](C)(NS(=O)(=O)c1ccc(C)cc1)C(C)(C)C. The Bertz CT molecular complexity index is 1730. The van der Waals surface area contributed by atoms with Gasteiger partial charge in [-0.15, -0.1) is 0 Å². The number of fused-ring (bicyclic) bond motifs is 3. The number of rotatable bonds is 10. The second-order valence-electron chi connectivity index (χ2n) is 21.1. The number of hydrogen-bond donors (Lipinski definition) is 2. The topological polar surface area (TPSA) is 111 Å². The van der Waals surface area contributed by atoms with Gasteiger partial charge in [-0.25, -0.2) is 13.1 Å². The van der Waals surface area contributed by atoms with Gasteiger partial charge in [0, 0.05) is 17.9 Å². The molecule has 9 heteroatoms. The first-order chi connectivity index (χ1) is 24.9. The molecule has 1 aromatic rings. The zero-order chi connectivity index (χ0) is 40.1. The number of benzene rings is 1. The van der Waals surface area contributed by atoms with E-state index in [1.807, 2.05) is 26.0 Å². The van der Waals surface area contributed by atoms with Crippen molar-refractivity contribution in [2.75, 3.05) is 26.9 Å². The molecule has 1 aromatic carbocycles. The van der Waals surface area contributed by atoms with E-state index in [1.54, 1.807) is 19.2 Å². The standard InChI is InChI=1S/C45H71NO7S/c1-28(2)30(4)40(8)22-23-42(10)32-18-19-35-41(9)25-52-27-45(35,33(32)20-21-43(42,11)36(40)38(47)48)24-34(51-13)37(41)53-26-44(12,39(5,6)7)46-54(49,50)31-16-14-29(3)15-17-31/h14-17,20,28,30,32,34-37,46H,18-19,21-27H2,1-13H3,(H,47,48)/t30-,32+,34-,35+,36-,37+,40-,41-,42-,43+,44-,45+/m1/s1. The molecule has 1 aliphatic heterocycles. The van der Waals surface area contributed by atoms with Crippen LogP contribution in [0, 0.1) is 69.0 Å². The van der Waals surface area contributed by atoms with Gasteiger partial charge in [0.1, 0.15) is 0 Å². The second-order valence-corrected chi connectivity index (χ2v) is 22.7. The summed E-state index contributed by atoms with van der Waals surface area (Å²) < 4.78 is 50.8. The Morgan fingerprint density at radius 3 is 2.22 bits per heavy atom. The Morgan fingerprint density at radius 2 is 1.65 bits per heavy atom. The Labute approximate surface area is 327 Å². The molecule has 1 heterocycles. The van der Waals surface area contributed by atoms with Crippen molar-refractivity contribution in [3.8, 4) is 0 Å². The first kappa shape index (κ1) is 41.8. The number of sulfonamides is 1. The van der Waals surface area contributed by atoms with E-state index in [2.05, 4.69) is 80.0 Å². The quantitative estimate of drug-likeness (QED) is 0.229. The third-order valence-corrected chi connectivity index (χ3v) is 18.9. The lowest BCUT2D eigenvalue weighted by molar-refractivity contribution is -0.270. The molecule has 1 saturated heterocycles. The Kier molecular flexibility index (Phi) is 10.6. The zero-order valence-electron chi connectivity index (χ0n) is 35.6. The van der Waals surface area contributed by atoms with Gasteiger partial charge in [0.2, 0.25) is 10.0 Å². The van der Waals surface area contributed by atoms with Crippen LogP contribution in [0.2, 0.25) is 0 Å². The molecule has 304 valence electrons. The summed E-state index contributed by atoms with van der Waals surface area (Å²) in [5, 5.41) is 11.1. The van der Waals surface area contributed by atoms with Gasteiger partial charge in [0.25, 0.3) is 0 Å². The van der Waals surface area contributed by atoms with Crippen molar-refractivity contribution in [3.63, 3.8) is 0 Å². The van der Waals surface area contributed by atoms with Gasteiger partial charge in [0.15, 0.2) is 0 Å².